The number of hydrogen-bond acceptors (Lipinski definition) is 7. The molecule has 1 fully saturated rings. The molecule has 4 rings (SSSR count). The van der Waals surface area contributed by atoms with Crippen molar-refractivity contribution < 1.29 is 9.32 Å². The number of hydrogen-bond donors (Lipinski definition) is 0. The summed E-state index contributed by atoms with van der Waals surface area (Å²) < 4.78 is 7.07. The number of piperidine rings is 1. The first kappa shape index (κ1) is 16.9. The summed E-state index contributed by atoms with van der Waals surface area (Å²) in [6.45, 7) is 5.39. The second-order valence-corrected chi connectivity index (χ2v) is 7.33. The van der Waals surface area contributed by atoms with Crippen LogP contribution in [0, 0.1) is 6.92 Å². The summed E-state index contributed by atoms with van der Waals surface area (Å²) in [6.07, 6.45) is 4.26. The molecule has 0 radical (unpaired) electrons. The van der Waals surface area contributed by atoms with E-state index in [-0.39, 0.29) is 11.9 Å². The Kier molecular flexibility index (Phi) is 4.54. The third-order valence-corrected chi connectivity index (χ3v) is 5.70. The van der Waals surface area contributed by atoms with E-state index in [0.717, 1.165) is 36.4 Å². The van der Waals surface area contributed by atoms with Crippen molar-refractivity contribution in [3.8, 4) is 11.6 Å². The molecule has 0 saturated carbocycles. The predicted octanol–water partition coefficient (Wildman–Crippen LogP) is 2.74. The van der Waals surface area contributed by atoms with Gasteiger partial charge < -0.3 is 9.42 Å². The Hall–Kier alpha value is -2.55. The Balaban J connectivity index is 1.41. The highest BCUT2D eigenvalue weighted by atomic mass is 32.1. The monoisotopic (exact) mass is 372 g/mol. The van der Waals surface area contributed by atoms with Crippen LogP contribution in [-0.2, 0) is 6.42 Å². The molecule has 3 aromatic rings. The van der Waals surface area contributed by atoms with Crippen LogP contribution in [0.25, 0.3) is 11.6 Å². The van der Waals surface area contributed by atoms with Gasteiger partial charge in [-0.25, -0.2) is 4.68 Å². The number of aryl methyl sites for hydroxylation is 2. The molecule has 1 saturated heterocycles. The van der Waals surface area contributed by atoms with Crippen molar-refractivity contribution in [2.45, 2.75) is 39.2 Å². The molecule has 26 heavy (non-hydrogen) atoms. The van der Waals surface area contributed by atoms with Crippen molar-refractivity contribution in [3.05, 3.63) is 33.9 Å². The van der Waals surface area contributed by atoms with Crippen molar-refractivity contribution in [1.29, 1.82) is 0 Å². The Bertz CT molecular complexity index is 906. The fraction of sp³-hybridized carbons (Fsp3) is 0.471. The highest BCUT2D eigenvalue weighted by Gasteiger charge is 2.27. The van der Waals surface area contributed by atoms with Crippen molar-refractivity contribution in [1.82, 2.24) is 30.0 Å². The average Bonchev–Trinajstić information content (AvgIpc) is 3.41. The quantitative estimate of drug-likeness (QED) is 0.699. The van der Waals surface area contributed by atoms with Gasteiger partial charge in [-0.2, -0.15) is 4.98 Å². The molecule has 0 bridgehead atoms. The molecule has 0 atom stereocenters. The maximum Gasteiger partial charge on any atom is 0.280 e. The summed E-state index contributed by atoms with van der Waals surface area (Å²) in [5, 5.41) is 14.2. The zero-order chi connectivity index (χ0) is 18.1. The molecular formula is C17H20N6O2S. The maximum atomic E-state index is 12.6. The van der Waals surface area contributed by atoms with Crippen LogP contribution in [0.3, 0.4) is 0 Å². The summed E-state index contributed by atoms with van der Waals surface area (Å²) in [5.41, 5.74) is 1.64. The highest BCUT2D eigenvalue weighted by Crippen LogP contribution is 2.26. The highest BCUT2D eigenvalue weighted by molar-refractivity contribution is 7.12. The van der Waals surface area contributed by atoms with Crippen LogP contribution in [0.5, 0.6) is 0 Å². The Morgan fingerprint density at radius 2 is 2.19 bits per heavy atom. The Labute approximate surface area is 154 Å². The molecule has 8 nitrogen and oxygen atoms in total. The van der Waals surface area contributed by atoms with Crippen molar-refractivity contribution >= 4 is 17.2 Å². The number of thiophene rings is 1. The Morgan fingerprint density at radius 3 is 2.85 bits per heavy atom. The zero-order valence-corrected chi connectivity index (χ0v) is 15.6. The van der Waals surface area contributed by atoms with Gasteiger partial charge in [-0.05, 0) is 36.8 Å². The van der Waals surface area contributed by atoms with Crippen LogP contribution in [0.2, 0.25) is 0 Å². The topological polar surface area (TPSA) is 89.9 Å². The average molecular weight is 372 g/mol. The van der Waals surface area contributed by atoms with E-state index in [0.29, 0.717) is 23.8 Å². The molecular weight excluding hydrogens is 352 g/mol. The molecule has 0 aromatic carbocycles. The predicted molar refractivity (Wildman–Crippen MR) is 95.9 cm³/mol. The van der Waals surface area contributed by atoms with E-state index < -0.39 is 0 Å². The van der Waals surface area contributed by atoms with Crippen LogP contribution < -0.4 is 0 Å². The van der Waals surface area contributed by atoms with E-state index in [1.165, 1.54) is 11.3 Å². The molecule has 0 N–H and O–H groups in total. The third-order valence-electron chi connectivity index (χ3n) is 4.70. The lowest BCUT2D eigenvalue weighted by Crippen LogP contribution is -2.39. The minimum Gasteiger partial charge on any atom is -0.338 e. The van der Waals surface area contributed by atoms with Crippen molar-refractivity contribution in [3.63, 3.8) is 0 Å². The van der Waals surface area contributed by atoms with Crippen LogP contribution >= 0.6 is 11.3 Å². The lowest BCUT2D eigenvalue weighted by molar-refractivity contribution is 0.0693. The number of aromatic nitrogens is 5. The summed E-state index contributed by atoms with van der Waals surface area (Å²) in [6, 6.07) is 2.21. The summed E-state index contributed by atoms with van der Waals surface area (Å²) in [4.78, 5) is 19.7. The van der Waals surface area contributed by atoms with Gasteiger partial charge in [0.25, 0.3) is 11.8 Å². The van der Waals surface area contributed by atoms with Crippen molar-refractivity contribution in [2.24, 2.45) is 0 Å². The van der Waals surface area contributed by atoms with E-state index in [1.54, 1.807) is 0 Å². The summed E-state index contributed by atoms with van der Waals surface area (Å²) in [5.74, 6) is 1.19. The molecule has 136 valence electrons. The minimum atomic E-state index is 0.133. The lowest BCUT2D eigenvalue weighted by atomic mass is 10.0. The fourth-order valence-electron chi connectivity index (χ4n) is 3.12. The standard InChI is InChI=1S/C17H20N6O2S/c1-3-14-18-16(25-20-14)13-10-23(21-19-13)12-4-7-22(8-5-12)17(24)15-11(2)6-9-26-15/h6,9-10,12H,3-5,7-8H2,1-2H3. The number of nitrogens with zero attached hydrogens (tertiary/aromatic N) is 6. The molecule has 4 heterocycles. The van der Waals surface area contributed by atoms with Crippen molar-refractivity contribution in [2.75, 3.05) is 13.1 Å². The number of carbonyl (C=O) groups excluding carboxylic acids is 1. The summed E-state index contributed by atoms with van der Waals surface area (Å²) in [7, 11) is 0. The van der Waals surface area contributed by atoms with E-state index in [4.69, 9.17) is 4.52 Å². The van der Waals surface area contributed by atoms with Gasteiger partial charge in [0, 0.05) is 19.5 Å². The maximum absolute atomic E-state index is 12.6. The van der Waals surface area contributed by atoms with Crippen LogP contribution in [0.4, 0.5) is 0 Å². The summed E-state index contributed by atoms with van der Waals surface area (Å²) >= 11 is 1.51. The largest absolute Gasteiger partial charge is 0.338 e. The second kappa shape index (κ2) is 6.99. The zero-order valence-electron chi connectivity index (χ0n) is 14.8. The third kappa shape index (κ3) is 3.14. The van der Waals surface area contributed by atoms with Gasteiger partial charge in [-0.1, -0.05) is 17.3 Å². The van der Waals surface area contributed by atoms with Gasteiger partial charge >= 0.3 is 0 Å². The van der Waals surface area contributed by atoms with Gasteiger partial charge in [-0.3, -0.25) is 4.79 Å². The van der Waals surface area contributed by atoms with E-state index in [9.17, 15) is 4.79 Å². The van der Waals surface area contributed by atoms with Crippen LogP contribution in [-0.4, -0.2) is 49.0 Å². The number of carbonyl (C=O) groups is 1. The van der Waals surface area contributed by atoms with Gasteiger partial charge in [-0.15, -0.1) is 16.4 Å². The molecule has 3 aromatic heterocycles. The second-order valence-electron chi connectivity index (χ2n) is 6.41. The molecule has 9 heteroatoms. The first-order chi connectivity index (χ1) is 12.7. The molecule has 0 unspecified atom stereocenters. The normalized spacial score (nSPS) is 15.5. The van der Waals surface area contributed by atoms with Gasteiger partial charge in [0.2, 0.25) is 0 Å². The lowest BCUT2D eigenvalue weighted by Gasteiger charge is -2.31. The fourth-order valence-corrected chi connectivity index (χ4v) is 4.02. The smallest absolute Gasteiger partial charge is 0.280 e. The van der Waals surface area contributed by atoms with E-state index in [1.807, 2.05) is 41.1 Å². The first-order valence-corrected chi connectivity index (χ1v) is 9.62. The van der Waals surface area contributed by atoms with E-state index in [2.05, 4.69) is 20.5 Å². The molecule has 0 spiro atoms. The SMILES string of the molecule is CCc1noc(-c2cn(C3CCN(C(=O)c4sccc4C)CC3)nn2)n1. The first-order valence-electron chi connectivity index (χ1n) is 8.74. The molecule has 1 amide bonds. The van der Waals surface area contributed by atoms with Crippen LogP contribution in [0.15, 0.2) is 22.2 Å². The van der Waals surface area contributed by atoms with Crippen LogP contribution in [0.1, 0.15) is 46.9 Å². The van der Waals surface area contributed by atoms with Gasteiger partial charge in [0.05, 0.1) is 17.1 Å². The molecule has 0 aliphatic carbocycles. The minimum absolute atomic E-state index is 0.133. The van der Waals surface area contributed by atoms with Gasteiger partial charge in [0.15, 0.2) is 11.5 Å². The number of rotatable bonds is 4. The number of amides is 1. The molecule has 1 aliphatic heterocycles. The Morgan fingerprint density at radius 1 is 1.38 bits per heavy atom. The van der Waals surface area contributed by atoms with E-state index >= 15 is 0 Å². The number of likely N-dealkylation sites (tertiary alicyclic amines) is 1. The van der Waals surface area contributed by atoms with Gasteiger partial charge in [0.1, 0.15) is 0 Å². The molecule has 1 aliphatic rings.